The van der Waals surface area contributed by atoms with Crippen LogP contribution in [0.1, 0.15) is 128 Å². The van der Waals surface area contributed by atoms with Crippen molar-refractivity contribution in [2.24, 2.45) is 16.2 Å². The summed E-state index contributed by atoms with van der Waals surface area (Å²) >= 11 is 1.33. The lowest BCUT2D eigenvalue weighted by Crippen LogP contribution is -2.64. The highest BCUT2D eigenvalue weighted by Crippen LogP contribution is 2.72. The number of amides is 6. The normalized spacial score (nSPS) is 24.4. The number of para-hydroxylation sites is 1. The Labute approximate surface area is 606 Å². The topological polar surface area (TPSA) is 411 Å². The number of carbonyl (C=O) groups is 9. The van der Waals surface area contributed by atoms with Gasteiger partial charge in [-0.1, -0.05) is 55.9 Å². The number of thiazole rings is 1. The van der Waals surface area contributed by atoms with Crippen LogP contribution in [0.3, 0.4) is 0 Å². The number of likely N-dealkylation sites (N-methyl/N-ethyl adjacent to an activating group) is 1. The molecule has 13 rings (SSSR count). The van der Waals surface area contributed by atoms with Gasteiger partial charge in [-0.15, -0.1) is 0 Å². The minimum absolute atomic E-state index is 0.0147. The first-order valence-electron chi connectivity index (χ1n) is 34.8. The SMILES string of the molecule is Cc1c(-c2ccc(N3CCc4c(OCC(=O)O)ccc(C(=O)Nc5nc6ccccc6s5)c4C3)nc2C(=O)O)cnn1CC12CC3(C)CC(C)(C1)CC(OCCN(C)C(=O)OC/C=C/c1ccc(O[C@H]4O[C@H](C(=O)O)[C@@H](O)[C@H](O)[C@@H]4O)c(NC(=O)CCNC(=O)CCCCCN4C(=O)C=CC4=O)c1)(C3)C2. The average molecular weight is 1470 g/mol. The summed E-state index contributed by atoms with van der Waals surface area (Å²) < 4.78 is 32.3. The molecule has 30 nitrogen and oxygen atoms in total. The summed E-state index contributed by atoms with van der Waals surface area (Å²) in [5, 5.41) is 75.0. The van der Waals surface area contributed by atoms with Crippen LogP contribution in [0.4, 0.5) is 21.4 Å². The number of unbranched alkanes of at least 4 members (excludes halogenated alkanes) is 2. The lowest BCUT2D eigenvalue weighted by atomic mass is 9.39. The second-order valence-electron chi connectivity index (χ2n) is 28.9. The molecule has 2 unspecified atom stereocenters. The van der Waals surface area contributed by atoms with Crippen molar-refractivity contribution in [2.75, 3.05) is 68.6 Å². The van der Waals surface area contributed by atoms with E-state index >= 15 is 0 Å². The maximum atomic E-state index is 14.0. The van der Waals surface area contributed by atoms with Crippen LogP contribution < -0.4 is 30.3 Å². The Balaban J connectivity index is 0.658. The second kappa shape index (κ2) is 30.9. The molecule has 556 valence electrons. The molecule has 1 saturated heterocycles. The minimum atomic E-state index is -1.98. The largest absolute Gasteiger partial charge is 0.482 e. The Bertz CT molecular complexity index is 4390. The van der Waals surface area contributed by atoms with Crippen molar-refractivity contribution in [1.29, 1.82) is 0 Å². The van der Waals surface area contributed by atoms with Crippen molar-refractivity contribution in [2.45, 2.75) is 147 Å². The molecule has 6 amide bonds. The van der Waals surface area contributed by atoms with Crippen LogP contribution in [0.15, 0.2) is 91.2 Å². The highest BCUT2D eigenvalue weighted by atomic mass is 32.1. The predicted molar refractivity (Wildman–Crippen MR) is 379 cm³/mol. The Morgan fingerprint density at radius 2 is 1.55 bits per heavy atom. The number of carboxylic acids is 3. The van der Waals surface area contributed by atoms with Crippen molar-refractivity contribution in [1.82, 2.24) is 34.9 Å². The van der Waals surface area contributed by atoms with Crippen molar-refractivity contribution >= 4 is 97.8 Å². The molecule has 3 aromatic heterocycles. The van der Waals surface area contributed by atoms with Crippen molar-refractivity contribution < 1.29 is 97.5 Å². The number of aromatic carboxylic acids is 1. The third-order valence-electron chi connectivity index (χ3n) is 20.4. The van der Waals surface area contributed by atoms with E-state index in [4.69, 9.17) is 33.8 Å². The van der Waals surface area contributed by atoms with Gasteiger partial charge in [-0.05, 0) is 147 Å². The number of carboxylic acid groups (broad SMARTS) is 3. The molecule has 7 aliphatic rings. The first-order chi connectivity index (χ1) is 50.1. The summed E-state index contributed by atoms with van der Waals surface area (Å²) in [7, 11) is 1.61. The van der Waals surface area contributed by atoms with Gasteiger partial charge in [0.15, 0.2) is 23.5 Å². The van der Waals surface area contributed by atoms with Crippen molar-refractivity contribution in [3.05, 3.63) is 125 Å². The zero-order valence-electron chi connectivity index (χ0n) is 58.4. The lowest BCUT2D eigenvalue weighted by Gasteiger charge is -2.69. The summed E-state index contributed by atoms with van der Waals surface area (Å²) in [5.41, 5.74) is 3.53. The molecule has 6 aromatic rings. The Morgan fingerprint density at radius 1 is 0.800 bits per heavy atom. The molecule has 6 heterocycles. The molecule has 105 heavy (non-hydrogen) atoms. The number of ether oxygens (including phenoxy) is 5. The zero-order valence-corrected chi connectivity index (χ0v) is 59.2. The molecule has 4 aliphatic carbocycles. The fraction of sp³-hybridized carbons (Fsp3) is 0.459. The monoisotopic (exact) mass is 1460 g/mol. The third kappa shape index (κ3) is 16.8. The number of hydrogen-bond acceptors (Lipinski definition) is 22. The molecule has 0 spiro atoms. The summed E-state index contributed by atoms with van der Waals surface area (Å²) in [6.07, 6.45) is 4.16. The number of anilines is 3. The average Bonchev–Trinajstić information content (AvgIpc) is 1.46. The molecule has 7 atom stereocenters. The Morgan fingerprint density at radius 3 is 2.29 bits per heavy atom. The number of aliphatic carboxylic acids is 2. The van der Waals surface area contributed by atoms with E-state index in [1.165, 1.54) is 40.5 Å². The van der Waals surface area contributed by atoms with Crippen LogP contribution in [0, 0.1) is 23.2 Å². The standard InChI is InChI=1S/C74H84N10O20S/c1-42-47(45-17-20-54(79-60(45)66(95)96)82-27-24-44-48(33-82)46(16-19-51(44)101-34-59(89)90)65(94)80-69-78-49-12-7-8-13-53(49)105-69)32-76-84(42)41-73-36-71(2)35-72(3,37-73)39-74(38-71,40-73)102-30-28-81(4)70(99)100-29-10-11-43-15-18-52(103-68-63(93)61(91)62(92)64(104-68)67(97)98)50(31-43)77-56(86)23-25-75-55(85)14-6-5-9-26-83-57(87)21-22-58(83)88/h7-8,10-13,15-22,31-32,61-64,68,91-93H,5-6,9,14,23-30,33-41H2,1-4H3,(H,75,85)(H,77,86)(H,89,90)(H,95,96)(H,97,98)(H,78,80,94)/b11-10+/t61-,62-,63-,64-,68-,71?,72?,73?,74?/m0/s1. The number of hydrogen-bond donors (Lipinski definition) is 9. The Hall–Kier alpha value is -10.2. The van der Waals surface area contributed by atoms with Crippen LogP contribution in [-0.4, -0.2) is 203 Å². The summed E-state index contributed by atoms with van der Waals surface area (Å²) in [5.74, 6) is -5.53. The highest BCUT2D eigenvalue weighted by molar-refractivity contribution is 7.22. The summed E-state index contributed by atoms with van der Waals surface area (Å²) in [4.78, 5) is 128. The van der Waals surface area contributed by atoms with Gasteiger partial charge in [0.1, 0.15) is 42.2 Å². The van der Waals surface area contributed by atoms with Gasteiger partial charge in [0.25, 0.3) is 17.7 Å². The number of imide groups is 1. The number of aliphatic hydroxyl groups is 3. The summed E-state index contributed by atoms with van der Waals surface area (Å²) in [6.45, 7) is 7.50. The number of carbonyl (C=O) groups excluding carboxylic acids is 6. The number of nitrogens with zero attached hydrogens (tertiary/aromatic N) is 7. The smallest absolute Gasteiger partial charge is 0.409 e. The van der Waals surface area contributed by atoms with Gasteiger partial charge in [0, 0.05) is 99.3 Å². The molecule has 0 radical (unpaired) electrons. The first-order valence-corrected chi connectivity index (χ1v) is 35.6. The van der Waals surface area contributed by atoms with E-state index in [1.54, 1.807) is 55.7 Å². The van der Waals surface area contributed by atoms with E-state index in [0.29, 0.717) is 88.9 Å². The number of nitrogens with one attached hydrogen (secondary N) is 3. The predicted octanol–water partition coefficient (Wildman–Crippen LogP) is 6.96. The van der Waals surface area contributed by atoms with Gasteiger partial charge in [0.2, 0.25) is 18.1 Å². The quantitative estimate of drug-likeness (QED) is 0.0162. The maximum absolute atomic E-state index is 14.0. The molecule has 4 bridgehead atoms. The fourth-order valence-electron chi connectivity index (χ4n) is 16.8. The van der Waals surface area contributed by atoms with Crippen LogP contribution >= 0.6 is 11.3 Å². The number of rotatable bonds is 30. The molecule has 5 fully saturated rings. The van der Waals surface area contributed by atoms with Gasteiger partial charge < -0.3 is 74.8 Å². The fourth-order valence-corrected chi connectivity index (χ4v) is 17.7. The van der Waals surface area contributed by atoms with Crippen molar-refractivity contribution in [3.8, 4) is 22.6 Å². The van der Waals surface area contributed by atoms with E-state index in [0.717, 1.165) is 59.3 Å². The van der Waals surface area contributed by atoms with Gasteiger partial charge >= 0.3 is 24.0 Å². The van der Waals surface area contributed by atoms with E-state index in [-0.39, 0.29) is 103 Å². The van der Waals surface area contributed by atoms with E-state index in [2.05, 4.69) is 34.8 Å². The van der Waals surface area contributed by atoms with Crippen LogP contribution in [0.25, 0.3) is 27.4 Å². The molecule has 31 heteroatoms. The number of benzene rings is 3. The van der Waals surface area contributed by atoms with Gasteiger partial charge in [-0.3, -0.25) is 38.9 Å². The van der Waals surface area contributed by atoms with E-state index in [1.807, 2.05) is 40.8 Å². The summed E-state index contributed by atoms with van der Waals surface area (Å²) in [6, 6.07) is 18.6. The molecule has 3 aromatic carbocycles. The lowest BCUT2D eigenvalue weighted by molar-refractivity contribution is -0.271. The van der Waals surface area contributed by atoms with E-state index < -0.39 is 78.7 Å². The number of aromatic nitrogens is 4. The Kier molecular flexibility index (Phi) is 21.9. The molecular formula is C74H84N10O20S. The molecule has 3 aliphatic heterocycles. The first kappa shape index (κ1) is 74.5. The molecule has 9 N–H and O–H groups in total. The second-order valence-corrected chi connectivity index (χ2v) is 29.9. The maximum Gasteiger partial charge on any atom is 0.409 e. The van der Waals surface area contributed by atoms with Crippen molar-refractivity contribution in [3.63, 3.8) is 0 Å². The number of aliphatic hydroxyl groups excluding tert-OH is 3. The van der Waals surface area contributed by atoms with Gasteiger partial charge in [-0.2, -0.15) is 5.10 Å². The van der Waals surface area contributed by atoms with Crippen LogP contribution in [-0.2, 0) is 62.5 Å². The van der Waals surface area contributed by atoms with Crippen LogP contribution in [0.2, 0.25) is 0 Å². The molecule has 4 saturated carbocycles. The van der Waals surface area contributed by atoms with Crippen LogP contribution in [0.5, 0.6) is 11.5 Å². The van der Waals surface area contributed by atoms with Gasteiger partial charge in [0.05, 0.1) is 34.3 Å². The zero-order chi connectivity index (χ0) is 74.7. The highest BCUT2D eigenvalue weighted by Gasteiger charge is 2.66. The minimum Gasteiger partial charge on any atom is -0.482 e. The third-order valence-corrected chi connectivity index (χ3v) is 21.3. The van der Waals surface area contributed by atoms with Gasteiger partial charge in [-0.25, -0.2) is 29.1 Å². The molecular weight excluding hydrogens is 1380 g/mol. The van der Waals surface area contributed by atoms with E-state index in [9.17, 15) is 73.8 Å². The number of fused-ring (bicyclic) bond motifs is 2. The number of pyridine rings is 1.